The van der Waals surface area contributed by atoms with Crippen LogP contribution in [-0.2, 0) is 0 Å². The number of alkyl halides is 2. The molecule has 1 unspecified atom stereocenters. The van der Waals surface area contributed by atoms with Crippen molar-refractivity contribution in [2.75, 3.05) is 0 Å². The van der Waals surface area contributed by atoms with Gasteiger partial charge in [-0.05, 0) is 6.42 Å². The summed E-state index contributed by atoms with van der Waals surface area (Å²) in [6, 6.07) is 1.50. The van der Waals surface area contributed by atoms with E-state index in [1.54, 1.807) is 6.92 Å². The Bertz CT molecular complexity index is 95.1. The summed E-state index contributed by atoms with van der Waals surface area (Å²) >= 11 is 0. The first kappa shape index (κ1) is 7.35. The van der Waals surface area contributed by atoms with E-state index in [0.29, 0.717) is 0 Å². The van der Waals surface area contributed by atoms with E-state index in [2.05, 4.69) is 0 Å². The maximum Gasteiger partial charge on any atom is 0.254 e. The molecule has 0 heterocycles. The SMILES string of the molecule is CCC(C#N)C(F)F. The fourth-order valence-corrected chi connectivity index (χ4v) is 0.326. The second kappa shape index (κ2) is 3.36. The van der Waals surface area contributed by atoms with Crippen molar-refractivity contribution in [1.82, 2.24) is 0 Å². The van der Waals surface area contributed by atoms with Crippen LogP contribution in [0.3, 0.4) is 0 Å². The topological polar surface area (TPSA) is 23.8 Å². The fourth-order valence-electron chi connectivity index (χ4n) is 0.326. The Balaban J connectivity index is 3.57. The quantitative estimate of drug-likeness (QED) is 0.543. The Hall–Kier alpha value is -0.650. The molecule has 46 valence electrons. The highest BCUT2D eigenvalue weighted by Gasteiger charge is 2.15. The van der Waals surface area contributed by atoms with Gasteiger partial charge in [0.15, 0.2) is 0 Å². The van der Waals surface area contributed by atoms with Gasteiger partial charge in [0.2, 0.25) is 0 Å². The molecule has 8 heavy (non-hydrogen) atoms. The largest absolute Gasteiger partial charge is 0.254 e. The van der Waals surface area contributed by atoms with Crippen LogP contribution in [0.25, 0.3) is 0 Å². The highest BCUT2D eigenvalue weighted by molar-refractivity contribution is 4.82. The van der Waals surface area contributed by atoms with Crippen LogP contribution in [0.2, 0.25) is 0 Å². The lowest BCUT2D eigenvalue weighted by molar-refractivity contribution is 0.102. The third-order valence-corrected chi connectivity index (χ3v) is 0.910. The van der Waals surface area contributed by atoms with E-state index in [1.165, 1.54) is 6.07 Å². The third-order valence-electron chi connectivity index (χ3n) is 0.910. The molecule has 1 nitrogen and oxygen atoms in total. The number of hydrogen-bond acceptors (Lipinski definition) is 1. The maximum absolute atomic E-state index is 11.5. The Morgan fingerprint density at radius 3 is 2.12 bits per heavy atom. The predicted molar refractivity (Wildman–Crippen MR) is 25.4 cm³/mol. The monoisotopic (exact) mass is 119 g/mol. The zero-order valence-electron chi connectivity index (χ0n) is 4.56. The molecule has 0 aliphatic carbocycles. The van der Waals surface area contributed by atoms with Crippen LogP contribution in [0.15, 0.2) is 0 Å². The standard InChI is InChI=1S/C5H7F2N/c1-2-4(3-8)5(6)7/h4-5H,2H2,1H3. The second-order valence-electron chi connectivity index (χ2n) is 1.48. The molecule has 1 atom stereocenters. The first-order valence-corrected chi connectivity index (χ1v) is 2.40. The van der Waals surface area contributed by atoms with Gasteiger partial charge >= 0.3 is 0 Å². The Labute approximate surface area is 46.9 Å². The molecule has 0 radical (unpaired) electrons. The van der Waals surface area contributed by atoms with Crippen LogP contribution in [0.5, 0.6) is 0 Å². The zero-order valence-corrected chi connectivity index (χ0v) is 4.56. The van der Waals surface area contributed by atoms with E-state index in [-0.39, 0.29) is 6.42 Å². The lowest BCUT2D eigenvalue weighted by atomic mass is 10.1. The summed E-state index contributed by atoms with van der Waals surface area (Å²) in [4.78, 5) is 0. The van der Waals surface area contributed by atoms with Crippen molar-refractivity contribution >= 4 is 0 Å². The molecule has 0 amide bonds. The van der Waals surface area contributed by atoms with Crippen molar-refractivity contribution in [3.05, 3.63) is 0 Å². The van der Waals surface area contributed by atoms with E-state index in [1.807, 2.05) is 0 Å². The lowest BCUT2D eigenvalue weighted by Gasteiger charge is -2.00. The molecule has 0 aromatic carbocycles. The van der Waals surface area contributed by atoms with Crippen molar-refractivity contribution in [3.8, 4) is 6.07 Å². The summed E-state index contributed by atoms with van der Waals surface area (Å²) in [5, 5.41) is 7.97. The van der Waals surface area contributed by atoms with Crippen LogP contribution in [0.1, 0.15) is 13.3 Å². The molecule has 0 aliphatic heterocycles. The molecular formula is C5H7F2N. The van der Waals surface area contributed by atoms with Crippen molar-refractivity contribution in [2.45, 2.75) is 19.8 Å². The molecule has 0 N–H and O–H groups in total. The van der Waals surface area contributed by atoms with E-state index >= 15 is 0 Å². The van der Waals surface area contributed by atoms with Gasteiger partial charge in [-0.25, -0.2) is 8.78 Å². The molecule has 0 fully saturated rings. The summed E-state index contributed by atoms with van der Waals surface area (Å²) in [6.45, 7) is 1.57. The third kappa shape index (κ3) is 1.87. The zero-order chi connectivity index (χ0) is 6.57. The van der Waals surface area contributed by atoms with Crippen molar-refractivity contribution in [2.24, 2.45) is 5.92 Å². The van der Waals surface area contributed by atoms with Gasteiger partial charge in [-0.15, -0.1) is 0 Å². The number of nitrogens with zero attached hydrogens (tertiary/aromatic N) is 1. The highest BCUT2D eigenvalue weighted by Crippen LogP contribution is 2.11. The average molecular weight is 119 g/mol. The number of halogens is 2. The summed E-state index contributed by atoms with van der Waals surface area (Å²) in [5.41, 5.74) is 0. The molecule has 3 heteroatoms. The van der Waals surface area contributed by atoms with E-state index in [0.717, 1.165) is 0 Å². The number of hydrogen-bond donors (Lipinski definition) is 0. The van der Waals surface area contributed by atoms with Crippen molar-refractivity contribution < 1.29 is 8.78 Å². The molecule has 0 rings (SSSR count). The summed E-state index contributed by atoms with van der Waals surface area (Å²) in [5.74, 6) is -1.07. The van der Waals surface area contributed by atoms with Gasteiger partial charge < -0.3 is 0 Å². The van der Waals surface area contributed by atoms with E-state index in [4.69, 9.17) is 5.26 Å². The molecular weight excluding hydrogens is 112 g/mol. The predicted octanol–water partition coefficient (Wildman–Crippen LogP) is 1.80. The minimum absolute atomic E-state index is 0.230. The number of rotatable bonds is 2. The number of nitriles is 1. The molecule has 0 spiro atoms. The second-order valence-corrected chi connectivity index (χ2v) is 1.48. The van der Waals surface area contributed by atoms with Crippen molar-refractivity contribution in [3.63, 3.8) is 0 Å². The van der Waals surface area contributed by atoms with Gasteiger partial charge in [-0.2, -0.15) is 5.26 Å². The minimum atomic E-state index is -2.48. The fraction of sp³-hybridized carbons (Fsp3) is 0.800. The molecule has 0 aromatic heterocycles. The smallest absolute Gasteiger partial charge is 0.209 e. The van der Waals surface area contributed by atoms with Gasteiger partial charge in [-0.1, -0.05) is 6.92 Å². The molecule has 0 aromatic rings. The Kier molecular flexibility index (Phi) is 3.09. The molecule has 0 saturated carbocycles. The summed E-state index contributed by atoms with van der Waals surface area (Å²) in [7, 11) is 0. The van der Waals surface area contributed by atoms with Crippen LogP contribution in [-0.4, -0.2) is 6.43 Å². The van der Waals surface area contributed by atoms with Crippen LogP contribution >= 0.6 is 0 Å². The van der Waals surface area contributed by atoms with Gasteiger partial charge in [0.1, 0.15) is 5.92 Å². The molecule has 0 saturated heterocycles. The van der Waals surface area contributed by atoms with Gasteiger partial charge in [0, 0.05) is 0 Å². The van der Waals surface area contributed by atoms with Crippen LogP contribution in [0, 0.1) is 17.2 Å². The van der Waals surface area contributed by atoms with Gasteiger partial charge in [-0.3, -0.25) is 0 Å². The first-order chi connectivity index (χ1) is 3.72. The lowest BCUT2D eigenvalue weighted by Crippen LogP contribution is -2.06. The van der Waals surface area contributed by atoms with Gasteiger partial charge in [0.25, 0.3) is 6.43 Å². The van der Waals surface area contributed by atoms with Gasteiger partial charge in [0.05, 0.1) is 6.07 Å². The molecule has 0 aliphatic rings. The van der Waals surface area contributed by atoms with Crippen molar-refractivity contribution in [1.29, 1.82) is 5.26 Å². The summed E-state index contributed by atoms with van der Waals surface area (Å²) in [6.07, 6.45) is -2.25. The maximum atomic E-state index is 11.5. The Morgan fingerprint density at radius 2 is 2.12 bits per heavy atom. The normalized spacial score (nSPS) is 13.4. The van der Waals surface area contributed by atoms with E-state index in [9.17, 15) is 8.78 Å². The average Bonchev–Trinajstić information content (AvgIpc) is 1.69. The molecule has 0 bridgehead atoms. The highest BCUT2D eigenvalue weighted by atomic mass is 19.3. The minimum Gasteiger partial charge on any atom is -0.209 e. The first-order valence-electron chi connectivity index (χ1n) is 2.40. The summed E-state index contributed by atoms with van der Waals surface area (Å²) < 4.78 is 23.0. The van der Waals surface area contributed by atoms with E-state index < -0.39 is 12.3 Å². The van der Waals surface area contributed by atoms with Crippen LogP contribution < -0.4 is 0 Å². The van der Waals surface area contributed by atoms with Crippen LogP contribution in [0.4, 0.5) is 8.78 Å². The Morgan fingerprint density at radius 1 is 1.62 bits per heavy atom.